The summed E-state index contributed by atoms with van der Waals surface area (Å²) in [5, 5.41) is 22.8. The van der Waals surface area contributed by atoms with Gasteiger partial charge in [0.1, 0.15) is 16.9 Å². The van der Waals surface area contributed by atoms with Gasteiger partial charge in [-0.15, -0.1) is 21.5 Å². The summed E-state index contributed by atoms with van der Waals surface area (Å²) in [4.78, 5) is 73.0. The zero-order valence-electron chi connectivity index (χ0n) is 40.0. The largest absolute Gasteiger partial charge is 0.379 e. The number of amides is 6. The highest BCUT2D eigenvalue weighted by molar-refractivity contribution is 8.00. The summed E-state index contributed by atoms with van der Waals surface area (Å²) in [7, 11) is 0. The predicted octanol–water partition coefficient (Wildman–Crippen LogP) is 4.82. The van der Waals surface area contributed by atoms with Crippen molar-refractivity contribution in [3.63, 3.8) is 0 Å². The number of aromatic nitrogens is 3. The van der Waals surface area contributed by atoms with Gasteiger partial charge in [0, 0.05) is 104 Å². The van der Waals surface area contributed by atoms with Gasteiger partial charge < -0.3 is 45.3 Å². The first kappa shape index (κ1) is 52.2. The van der Waals surface area contributed by atoms with Gasteiger partial charge in [0.25, 0.3) is 0 Å². The van der Waals surface area contributed by atoms with Crippen LogP contribution < -0.4 is 21.3 Å². The first-order chi connectivity index (χ1) is 33.5. The van der Waals surface area contributed by atoms with Gasteiger partial charge in [-0.1, -0.05) is 30.2 Å². The second-order valence-corrected chi connectivity index (χ2v) is 20.7. The monoisotopic (exact) mass is 1010 g/mol. The molecule has 0 spiro atoms. The molecule has 0 saturated carbocycles. The smallest absolute Gasteiger partial charge is 0.315 e. The maximum atomic E-state index is 13.9. The van der Waals surface area contributed by atoms with Crippen LogP contribution in [0.25, 0.3) is 5.00 Å². The predicted molar refractivity (Wildman–Crippen MR) is 267 cm³/mol. The molecule has 0 bridgehead atoms. The molecule has 1 aromatic carbocycles. The van der Waals surface area contributed by atoms with E-state index in [2.05, 4.69) is 45.3 Å². The Bertz CT molecular complexity index is 2270. The topological polar surface area (TPSA) is 211 Å². The zero-order valence-corrected chi connectivity index (χ0v) is 42.4. The molecule has 6 amide bonds. The van der Waals surface area contributed by atoms with Gasteiger partial charge >= 0.3 is 6.03 Å². The number of fused-ring (bicyclic) bond motifs is 4. The number of carbonyl (C=O) groups is 5. The molecule has 3 aromatic rings. The molecule has 6 heterocycles. The fourth-order valence-corrected chi connectivity index (χ4v) is 11.9. The van der Waals surface area contributed by atoms with E-state index in [1.807, 2.05) is 47.5 Å². The summed E-state index contributed by atoms with van der Waals surface area (Å²) in [6.45, 7) is 11.7. The summed E-state index contributed by atoms with van der Waals surface area (Å²) in [6, 6.07) is 7.42. The molecule has 4 aliphatic rings. The lowest BCUT2D eigenvalue weighted by molar-refractivity contribution is -0.140. The van der Waals surface area contributed by atoms with E-state index >= 15 is 0 Å². The fourth-order valence-electron chi connectivity index (χ4n) is 8.99. The van der Waals surface area contributed by atoms with E-state index in [0.717, 1.165) is 64.7 Å². The molecular formula is C48H67ClN10O8S2. The third-order valence-electron chi connectivity index (χ3n) is 12.9. The minimum absolute atomic E-state index is 0.0182. The van der Waals surface area contributed by atoms with E-state index in [4.69, 9.17) is 30.8 Å². The third kappa shape index (κ3) is 14.5. The van der Waals surface area contributed by atoms with E-state index in [9.17, 15) is 24.0 Å². The molecule has 0 radical (unpaired) electrons. The van der Waals surface area contributed by atoms with Crippen LogP contribution in [0.5, 0.6) is 0 Å². The minimum atomic E-state index is -0.564. The number of hydrogen-bond acceptors (Lipinski definition) is 13. The van der Waals surface area contributed by atoms with Crippen LogP contribution in [-0.2, 0) is 33.4 Å². The Hall–Kier alpha value is -4.60. The number of ether oxygens (including phenoxy) is 3. The summed E-state index contributed by atoms with van der Waals surface area (Å²) in [5.74, 6) is 2.20. The van der Waals surface area contributed by atoms with E-state index in [-0.39, 0.29) is 61.0 Å². The summed E-state index contributed by atoms with van der Waals surface area (Å²) >= 11 is 9.82. The maximum absolute atomic E-state index is 13.9. The number of nitrogens with one attached hydrogen (secondary N) is 4. The molecule has 7 rings (SSSR count). The third-order valence-corrected chi connectivity index (χ3v) is 15.9. The van der Waals surface area contributed by atoms with Crippen LogP contribution in [0.1, 0.15) is 103 Å². The van der Waals surface area contributed by atoms with Crippen LogP contribution in [0.3, 0.4) is 0 Å². The average molecular weight is 1010 g/mol. The van der Waals surface area contributed by atoms with Gasteiger partial charge in [-0.25, -0.2) is 4.79 Å². The number of rotatable bonds is 26. The second kappa shape index (κ2) is 26.0. The quantitative estimate of drug-likeness (QED) is 0.0633. The Morgan fingerprint density at radius 2 is 1.39 bits per heavy atom. The van der Waals surface area contributed by atoms with E-state index in [1.165, 1.54) is 4.88 Å². The fraction of sp³-hybridized carbons (Fsp3) is 0.625. The molecule has 4 aliphatic heterocycles. The number of benzene rings is 1. The van der Waals surface area contributed by atoms with Crippen LogP contribution in [-0.4, -0.2) is 162 Å². The van der Waals surface area contributed by atoms with Gasteiger partial charge in [-0.3, -0.25) is 28.7 Å². The molecule has 3 fully saturated rings. The van der Waals surface area contributed by atoms with Gasteiger partial charge in [-0.05, 0) is 70.6 Å². The molecule has 21 heteroatoms. The molecular weight excluding hydrogens is 944 g/mol. The van der Waals surface area contributed by atoms with Gasteiger partial charge in [0.05, 0.1) is 50.6 Å². The van der Waals surface area contributed by atoms with Crippen molar-refractivity contribution in [3.8, 4) is 5.00 Å². The Balaban J connectivity index is 0.677. The Kier molecular flexibility index (Phi) is 19.7. The van der Waals surface area contributed by atoms with Gasteiger partial charge in [0.2, 0.25) is 23.6 Å². The van der Waals surface area contributed by atoms with Crippen molar-refractivity contribution in [2.75, 3.05) is 84.7 Å². The second-order valence-electron chi connectivity index (χ2n) is 17.8. The molecule has 69 heavy (non-hydrogen) atoms. The Morgan fingerprint density at radius 1 is 0.768 bits per heavy atom. The number of thiophene rings is 1. The van der Waals surface area contributed by atoms with Gasteiger partial charge in [-0.2, -0.15) is 11.8 Å². The normalized spacial score (nSPS) is 19.5. The molecule has 2 aromatic heterocycles. The van der Waals surface area contributed by atoms with Gasteiger partial charge in [0.15, 0.2) is 5.82 Å². The molecule has 4 atom stereocenters. The lowest BCUT2D eigenvalue weighted by Gasteiger charge is -2.35. The van der Waals surface area contributed by atoms with Crippen molar-refractivity contribution < 1.29 is 38.2 Å². The number of hydrogen-bond donors (Lipinski definition) is 4. The van der Waals surface area contributed by atoms with Crippen molar-refractivity contribution in [2.24, 2.45) is 4.99 Å². The zero-order chi connectivity index (χ0) is 48.7. The summed E-state index contributed by atoms with van der Waals surface area (Å²) in [5.41, 5.74) is 3.84. The van der Waals surface area contributed by atoms with Crippen molar-refractivity contribution in [1.82, 2.24) is 45.8 Å². The molecule has 376 valence electrons. The first-order valence-corrected chi connectivity index (χ1v) is 26.6. The Labute approximate surface area is 417 Å². The van der Waals surface area contributed by atoms with E-state index < -0.39 is 6.04 Å². The average Bonchev–Trinajstić information content (AvgIpc) is 4.07. The molecule has 4 N–H and O–H groups in total. The molecule has 3 saturated heterocycles. The maximum Gasteiger partial charge on any atom is 0.315 e. The SMILES string of the molecule is Cc1sc2c(c1C)C(c1ccc(Cl)cc1)=N[C@@H](CC(=O)N1CCN(C(=O)CCCC(=O)NCCCOCCOCCOCCCNC(=O)CCCC[C@@H]3SC[C@@H]4NC(=O)N[C@@H]43)CC1)c1nnc(C)n1-2. The van der Waals surface area contributed by atoms with Crippen LogP contribution in [0.4, 0.5) is 4.79 Å². The highest BCUT2D eigenvalue weighted by atomic mass is 35.5. The van der Waals surface area contributed by atoms with Crippen molar-refractivity contribution in [3.05, 3.63) is 62.5 Å². The standard InChI is InChI=1S/C48H67ClN10O8S2/c1-31-32(2)69-47-43(31)44(34-13-15-35(49)16-14-34)52-36(46-56-55-33(3)59(46)47)29-42(63)58-21-19-57(20-22-58)41(62)12-6-11-40(61)51-18-8-24-66-26-28-67-27-25-65-23-7-17-50-39(60)10-5-4-9-38-45-37(30-68-38)53-48(64)54-45/h13-16,36-38,45H,4-12,17-30H2,1-3H3,(H,50,60)(H,51,61)(H2,53,54,64)/t36-,37-,38-,45-/m0/s1. The first-order valence-electron chi connectivity index (χ1n) is 24.3. The minimum Gasteiger partial charge on any atom is -0.379 e. The lowest BCUT2D eigenvalue weighted by Crippen LogP contribution is -2.50. The molecule has 0 unspecified atom stereocenters. The number of aryl methyl sites for hydroxylation is 2. The van der Waals surface area contributed by atoms with Crippen LogP contribution in [0, 0.1) is 20.8 Å². The number of carbonyl (C=O) groups excluding carboxylic acids is 5. The number of nitrogens with zero attached hydrogens (tertiary/aromatic N) is 6. The number of unbranched alkanes of at least 4 members (excludes halogenated alkanes) is 1. The highest BCUT2D eigenvalue weighted by Gasteiger charge is 2.42. The van der Waals surface area contributed by atoms with E-state index in [0.29, 0.717) is 114 Å². The van der Waals surface area contributed by atoms with Crippen LogP contribution in [0.2, 0.25) is 5.02 Å². The van der Waals surface area contributed by atoms with Crippen molar-refractivity contribution >= 4 is 70.1 Å². The summed E-state index contributed by atoms with van der Waals surface area (Å²) in [6.07, 6.45) is 5.81. The van der Waals surface area contributed by atoms with Crippen molar-refractivity contribution in [1.29, 1.82) is 0 Å². The number of thioether (sulfide) groups is 1. The van der Waals surface area contributed by atoms with E-state index in [1.54, 1.807) is 21.1 Å². The Morgan fingerprint density at radius 3 is 2.06 bits per heavy atom. The lowest BCUT2D eigenvalue weighted by atomic mass is 9.99. The van der Waals surface area contributed by atoms with Crippen LogP contribution in [0.15, 0.2) is 29.3 Å². The number of halogens is 1. The summed E-state index contributed by atoms with van der Waals surface area (Å²) < 4.78 is 18.8. The molecule has 18 nitrogen and oxygen atoms in total. The number of aliphatic imine (C=N–C) groups is 1. The number of piperazine rings is 1. The van der Waals surface area contributed by atoms with Crippen LogP contribution >= 0.6 is 34.7 Å². The number of urea groups is 1. The van der Waals surface area contributed by atoms with Crippen molar-refractivity contribution in [2.45, 2.75) is 108 Å². The molecule has 0 aliphatic carbocycles. The highest BCUT2D eigenvalue weighted by Crippen LogP contribution is 2.40.